The number of aromatic nitrogens is 1. The molecule has 2 aromatic rings. The molecule has 29 heavy (non-hydrogen) atoms. The number of ether oxygens (including phenoxy) is 2. The molecule has 0 atom stereocenters. The quantitative estimate of drug-likeness (QED) is 0.664. The van der Waals surface area contributed by atoms with Gasteiger partial charge in [-0.1, -0.05) is 12.1 Å². The second kappa shape index (κ2) is 10.6. The van der Waals surface area contributed by atoms with Gasteiger partial charge in [0.05, 0.1) is 0 Å². The first-order chi connectivity index (χ1) is 14.1. The number of pyridine rings is 1. The number of rotatable bonds is 10. The van der Waals surface area contributed by atoms with Gasteiger partial charge < -0.3 is 19.6 Å². The van der Waals surface area contributed by atoms with Crippen molar-refractivity contribution in [1.29, 1.82) is 0 Å². The van der Waals surface area contributed by atoms with Crippen LogP contribution in [0.4, 0.5) is 0 Å². The fraction of sp³-hybridized carbons (Fsp3) is 0.435. The summed E-state index contributed by atoms with van der Waals surface area (Å²) in [5.41, 5.74) is 2.02. The van der Waals surface area contributed by atoms with E-state index >= 15 is 0 Å². The average Bonchev–Trinajstić information content (AvgIpc) is 3.23. The van der Waals surface area contributed by atoms with E-state index in [-0.39, 0.29) is 24.4 Å². The molecule has 0 bridgehead atoms. The smallest absolute Gasteiger partial charge is 0.258 e. The molecule has 1 heterocycles. The Labute approximate surface area is 171 Å². The zero-order chi connectivity index (χ0) is 20.5. The van der Waals surface area contributed by atoms with Crippen molar-refractivity contribution >= 4 is 11.7 Å². The molecule has 3 rings (SSSR count). The maximum atomic E-state index is 12.1. The summed E-state index contributed by atoms with van der Waals surface area (Å²) >= 11 is 0. The van der Waals surface area contributed by atoms with Crippen molar-refractivity contribution in [3.8, 4) is 11.6 Å². The Morgan fingerprint density at radius 2 is 1.86 bits per heavy atom. The van der Waals surface area contributed by atoms with E-state index in [4.69, 9.17) is 9.47 Å². The Kier molecular flexibility index (Phi) is 7.61. The third-order valence-corrected chi connectivity index (χ3v) is 4.94. The Bertz CT molecular complexity index is 814. The summed E-state index contributed by atoms with van der Waals surface area (Å²) in [5.74, 6) is 1.22. The molecule has 1 fully saturated rings. The molecule has 0 saturated heterocycles. The van der Waals surface area contributed by atoms with Crippen molar-refractivity contribution in [3.63, 3.8) is 0 Å². The highest BCUT2D eigenvalue weighted by atomic mass is 16.5. The second-order valence-corrected chi connectivity index (χ2v) is 7.44. The molecule has 0 spiro atoms. The largest absolute Gasteiger partial charge is 0.484 e. The van der Waals surface area contributed by atoms with Crippen LogP contribution in [0.2, 0.25) is 0 Å². The van der Waals surface area contributed by atoms with Gasteiger partial charge in [0, 0.05) is 25.2 Å². The van der Waals surface area contributed by atoms with Gasteiger partial charge in [-0.15, -0.1) is 0 Å². The van der Waals surface area contributed by atoms with Crippen molar-refractivity contribution in [1.82, 2.24) is 10.3 Å². The summed E-state index contributed by atoms with van der Waals surface area (Å²) in [6, 6.07) is 11.2. The molecule has 0 unspecified atom stereocenters. The number of amides is 1. The van der Waals surface area contributed by atoms with Crippen LogP contribution < -0.4 is 14.8 Å². The van der Waals surface area contributed by atoms with Gasteiger partial charge in [0.15, 0.2) is 6.61 Å². The summed E-state index contributed by atoms with van der Waals surface area (Å²) in [7, 11) is 0. The van der Waals surface area contributed by atoms with E-state index in [2.05, 4.69) is 10.3 Å². The van der Waals surface area contributed by atoms with Gasteiger partial charge in [-0.25, -0.2) is 4.98 Å². The van der Waals surface area contributed by atoms with Crippen LogP contribution in [0.5, 0.6) is 11.6 Å². The van der Waals surface area contributed by atoms with Crippen LogP contribution in [0.1, 0.15) is 50.2 Å². The molecule has 0 aliphatic heterocycles. The van der Waals surface area contributed by atoms with Crippen LogP contribution in [-0.2, 0) is 22.6 Å². The summed E-state index contributed by atoms with van der Waals surface area (Å²) in [6.07, 6.45) is 7.79. The first-order valence-electron chi connectivity index (χ1n) is 10.2. The number of hydrogen-bond acceptors (Lipinski definition) is 5. The lowest BCUT2D eigenvalue weighted by Gasteiger charge is -2.13. The maximum Gasteiger partial charge on any atom is 0.258 e. The predicted molar refractivity (Wildman–Crippen MR) is 110 cm³/mol. The molecule has 1 aromatic carbocycles. The minimum atomic E-state index is -0.194. The standard InChI is InChI=1S/C23H28N2O4/c1-17(26)6-7-18-8-10-20(11-9-18)28-16-22(27)25-15-19-12-13-24-23(14-19)29-21-4-2-3-5-21/h8-14,21H,2-7,15-16H2,1H3,(H,25,27). The number of Topliss-reactive ketones (excluding diaryl/α,β-unsaturated/α-hetero) is 1. The van der Waals surface area contributed by atoms with Crippen molar-refractivity contribution in [2.75, 3.05) is 6.61 Å². The van der Waals surface area contributed by atoms with Gasteiger partial charge in [-0.3, -0.25) is 4.79 Å². The number of benzene rings is 1. The Morgan fingerprint density at radius 3 is 2.59 bits per heavy atom. The topological polar surface area (TPSA) is 77.5 Å². The summed E-state index contributed by atoms with van der Waals surface area (Å²) < 4.78 is 11.4. The zero-order valence-corrected chi connectivity index (χ0v) is 16.9. The lowest BCUT2D eigenvalue weighted by Crippen LogP contribution is -2.28. The molecule has 1 amide bonds. The molecule has 6 heteroatoms. The molecule has 154 valence electrons. The third-order valence-electron chi connectivity index (χ3n) is 4.94. The molecule has 1 saturated carbocycles. The molecule has 6 nitrogen and oxygen atoms in total. The number of nitrogens with zero attached hydrogens (tertiary/aromatic N) is 1. The van der Waals surface area contributed by atoms with Gasteiger partial charge >= 0.3 is 0 Å². The van der Waals surface area contributed by atoms with E-state index in [1.54, 1.807) is 13.1 Å². The van der Waals surface area contributed by atoms with Gasteiger partial charge in [-0.2, -0.15) is 0 Å². The molecule has 1 N–H and O–H groups in total. The van der Waals surface area contributed by atoms with E-state index in [1.807, 2.05) is 36.4 Å². The van der Waals surface area contributed by atoms with Crippen molar-refractivity contribution in [2.24, 2.45) is 0 Å². The number of aryl methyl sites for hydroxylation is 1. The lowest BCUT2D eigenvalue weighted by atomic mass is 10.1. The van der Waals surface area contributed by atoms with E-state index in [1.165, 1.54) is 12.8 Å². The highest BCUT2D eigenvalue weighted by Gasteiger charge is 2.17. The number of hydrogen-bond donors (Lipinski definition) is 1. The van der Waals surface area contributed by atoms with Crippen LogP contribution >= 0.6 is 0 Å². The Balaban J connectivity index is 1.40. The Hall–Kier alpha value is -2.89. The van der Waals surface area contributed by atoms with Gasteiger partial charge in [-0.05, 0) is 68.4 Å². The Morgan fingerprint density at radius 1 is 1.10 bits per heavy atom. The van der Waals surface area contributed by atoms with Gasteiger partial charge in [0.25, 0.3) is 5.91 Å². The first-order valence-corrected chi connectivity index (χ1v) is 10.2. The van der Waals surface area contributed by atoms with Crippen LogP contribution in [-0.4, -0.2) is 29.4 Å². The molecule has 1 aromatic heterocycles. The number of nitrogens with one attached hydrogen (secondary N) is 1. The molecule has 0 radical (unpaired) electrons. The third kappa shape index (κ3) is 7.22. The summed E-state index contributed by atoms with van der Waals surface area (Å²) in [5, 5.41) is 2.85. The second-order valence-electron chi connectivity index (χ2n) is 7.44. The average molecular weight is 396 g/mol. The minimum absolute atomic E-state index is 0.0523. The lowest BCUT2D eigenvalue weighted by molar-refractivity contribution is -0.123. The van der Waals surface area contributed by atoms with Crippen LogP contribution in [0.15, 0.2) is 42.6 Å². The van der Waals surface area contributed by atoms with Gasteiger partial charge in [0.1, 0.15) is 17.6 Å². The van der Waals surface area contributed by atoms with Crippen LogP contribution in [0, 0.1) is 0 Å². The highest BCUT2D eigenvalue weighted by Crippen LogP contribution is 2.23. The fourth-order valence-electron chi connectivity index (χ4n) is 3.28. The van der Waals surface area contributed by atoms with Crippen molar-refractivity contribution in [2.45, 2.75) is 58.1 Å². The van der Waals surface area contributed by atoms with Crippen LogP contribution in [0.3, 0.4) is 0 Å². The van der Waals surface area contributed by atoms with E-state index in [0.29, 0.717) is 31.0 Å². The van der Waals surface area contributed by atoms with Crippen molar-refractivity contribution in [3.05, 3.63) is 53.7 Å². The van der Waals surface area contributed by atoms with Crippen LogP contribution in [0.25, 0.3) is 0 Å². The number of carbonyl (C=O) groups excluding carboxylic acids is 2. The monoisotopic (exact) mass is 396 g/mol. The predicted octanol–water partition coefficient (Wildman–Crippen LogP) is 3.62. The normalized spacial score (nSPS) is 13.8. The first kappa shape index (κ1) is 20.8. The fourth-order valence-corrected chi connectivity index (χ4v) is 3.28. The maximum absolute atomic E-state index is 12.1. The zero-order valence-electron chi connectivity index (χ0n) is 16.9. The minimum Gasteiger partial charge on any atom is -0.484 e. The molecular weight excluding hydrogens is 368 g/mol. The summed E-state index contributed by atoms with van der Waals surface area (Å²) in [6.45, 7) is 1.94. The van der Waals surface area contributed by atoms with E-state index < -0.39 is 0 Å². The highest BCUT2D eigenvalue weighted by molar-refractivity contribution is 5.77. The van der Waals surface area contributed by atoms with Gasteiger partial charge in [0.2, 0.25) is 5.88 Å². The summed E-state index contributed by atoms with van der Waals surface area (Å²) in [4.78, 5) is 27.4. The van der Waals surface area contributed by atoms with E-state index in [9.17, 15) is 9.59 Å². The number of carbonyl (C=O) groups is 2. The molecule has 1 aliphatic rings. The molecule has 1 aliphatic carbocycles. The number of ketones is 1. The van der Waals surface area contributed by atoms with E-state index in [0.717, 1.165) is 24.0 Å². The SMILES string of the molecule is CC(=O)CCc1ccc(OCC(=O)NCc2ccnc(OC3CCCC3)c2)cc1. The van der Waals surface area contributed by atoms with Crippen molar-refractivity contribution < 1.29 is 19.1 Å². The molecular formula is C23H28N2O4.